The number of hydrogen-bond donors (Lipinski definition) is 3. The van der Waals surface area contributed by atoms with Crippen LogP contribution in [0, 0.1) is 0 Å². The van der Waals surface area contributed by atoms with Crippen LogP contribution in [0.1, 0.15) is 10.4 Å². The molecule has 0 aromatic heterocycles. The van der Waals surface area contributed by atoms with Crippen LogP contribution in [0.15, 0.2) is 76.5 Å². The highest BCUT2D eigenvalue weighted by atomic mass is 35.5. The van der Waals surface area contributed by atoms with Crippen LogP contribution in [-0.4, -0.2) is 5.91 Å². The number of benzene rings is 3. The molecule has 3 aromatic rings. The highest BCUT2D eigenvalue weighted by Crippen LogP contribution is 2.26. The van der Waals surface area contributed by atoms with E-state index in [-0.39, 0.29) is 5.91 Å². The predicted molar refractivity (Wildman–Crippen MR) is 117 cm³/mol. The van der Waals surface area contributed by atoms with Gasteiger partial charge in [-0.15, -0.1) is 0 Å². The van der Waals surface area contributed by atoms with Gasteiger partial charge in [-0.1, -0.05) is 23.2 Å². The van der Waals surface area contributed by atoms with Gasteiger partial charge < -0.3 is 10.0 Å². The van der Waals surface area contributed by atoms with Gasteiger partial charge in [-0.25, -0.2) is 0 Å². The first kappa shape index (κ1) is 19.9. The molecule has 0 fully saturated rings. The molecule has 0 saturated heterocycles. The van der Waals surface area contributed by atoms with Crippen molar-refractivity contribution in [1.82, 2.24) is 0 Å². The first-order valence-corrected chi connectivity index (χ1v) is 10.3. The number of hydrogen-bond acceptors (Lipinski definition) is 5. The molecule has 0 aliphatic carbocycles. The Balaban J connectivity index is 1.60. The molecule has 8 heteroatoms. The summed E-state index contributed by atoms with van der Waals surface area (Å²) in [7, 11) is 0. The molecule has 0 unspecified atom stereocenters. The monoisotopic (exact) mass is 435 g/mol. The molecule has 3 aromatic carbocycles. The van der Waals surface area contributed by atoms with Crippen LogP contribution in [0.5, 0.6) is 0 Å². The van der Waals surface area contributed by atoms with Crippen LogP contribution < -0.4 is 15.2 Å². The first-order valence-electron chi connectivity index (χ1n) is 7.81. The van der Waals surface area contributed by atoms with Crippen LogP contribution >= 0.6 is 47.1 Å². The largest absolute Gasteiger partial charge is 0.326 e. The summed E-state index contributed by atoms with van der Waals surface area (Å²) >= 11 is 14.4. The molecule has 0 radical (unpaired) electrons. The Morgan fingerprint density at radius 2 is 1.56 bits per heavy atom. The maximum atomic E-state index is 12.4. The summed E-state index contributed by atoms with van der Waals surface area (Å²) in [6.45, 7) is 0. The lowest BCUT2D eigenvalue weighted by molar-refractivity contribution is 0.102. The van der Waals surface area contributed by atoms with Gasteiger partial charge in [-0.05, 0) is 90.6 Å². The molecule has 1 amide bonds. The molecular weight excluding hydrogens is 421 g/mol. The minimum absolute atomic E-state index is 0.221. The third-order valence-corrected chi connectivity index (χ3v) is 5.69. The first-order chi connectivity index (χ1) is 13.0. The number of halogens is 2. The minimum Gasteiger partial charge on any atom is -0.326 e. The van der Waals surface area contributed by atoms with Crippen LogP contribution in [0.25, 0.3) is 0 Å². The van der Waals surface area contributed by atoms with E-state index in [2.05, 4.69) is 10.0 Å². The van der Waals surface area contributed by atoms with Gasteiger partial charge in [-0.3, -0.25) is 9.93 Å². The summed E-state index contributed by atoms with van der Waals surface area (Å²) in [4.78, 5) is 14.1. The van der Waals surface area contributed by atoms with Crippen molar-refractivity contribution in [3.63, 3.8) is 0 Å². The van der Waals surface area contributed by atoms with Gasteiger partial charge in [0, 0.05) is 31.8 Å². The number of carbonyl (C=O) groups is 1. The maximum Gasteiger partial charge on any atom is 0.255 e. The van der Waals surface area contributed by atoms with E-state index in [1.807, 2.05) is 48.5 Å². The highest BCUT2D eigenvalue weighted by Gasteiger charge is 2.09. The lowest BCUT2D eigenvalue weighted by Crippen LogP contribution is -2.11. The maximum absolute atomic E-state index is 12.4. The van der Waals surface area contributed by atoms with Gasteiger partial charge in [0.2, 0.25) is 0 Å². The number of rotatable bonds is 6. The Morgan fingerprint density at radius 1 is 0.889 bits per heavy atom. The lowest BCUT2D eigenvalue weighted by Gasteiger charge is -2.09. The van der Waals surface area contributed by atoms with Crippen LogP contribution in [-0.2, 0) is 0 Å². The molecule has 0 atom stereocenters. The van der Waals surface area contributed by atoms with Gasteiger partial charge >= 0.3 is 0 Å². The Hall–Kier alpha value is -1.83. The van der Waals surface area contributed by atoms with E-state index in [4.69, 9.17) is 28.3 Å². The fraction of sp³-hybridized carbons (Fsp3) is 0. The summed E-state index contributed by atoms with van der Waals surface area (Å²) in [5.41, 5.74) is 2.15. The quantitative estimate of drug-likeness (QED) is 0.394. The zero-order chi connectivity index (χ0) is 19.2. The van der Waals surface area contributed by atoms with Crippen molar-refractivity contribution in [2.24, 2.45) is 5.14 Å². The van der Waals surface area contributed by atoms with Crippen LogP contribution in [0.4, 0.5) is 11.4 Å². The fourth-order valence-corrected chi connectivity index (χ4v) is 3.58. The van der Waals surface area contributed by atoms with Crippen molar-refractivity contribution in [2.75, 3.05) is 10.0 Å². The normalized spacial score (nSPS) is 10.5. The van der Waals surface area contributed by atoms with E-state index < -0.39 is 0 Å². The molecule has 0 heterocycles. The Morgan fingerprint density at radius 3 is 2.22 bits per heavy atom. The van der Waals surface area contributed by atoms with Crippen molar-refractivity contribution in [3.8, 4) is 0 Å². The summed E-state index contributed by atoms with van der Waals surface area (Å²) < 4.78 is 3.24. The van der Waals surface area contributed by atoms with Gasteiger partial charge in [-0.2, -0.15) is 0 Å². The van der Waals surface area contributed by atoms with E-state index >= 15 is 0 Å². The van der Waals surface area contributed by atoms with E-state index in [9.17, 15) is 4.79 Å². The minimum atomic E-state index is -0.221. The number of nitrogens with two attached hydrogens (primary N) is 1. The summed E-state index contributed by atoms with van der Waals surface area (Å²) in [6.07, 6.45) is 0. The van der Waals surface area contributed by atoms with Gasteiger partial charge in [0.05, 0.1) is 5.02 Å². The van der Waals surface area contributed by atoms with Crippen LogP contribution in [0.2, 0.25) is 10.0 Å². The highest BCUT2D eigenvalue weighted by molar-refractivity contribution is 8.00. The molecule has 3 rings (SSSR count). The molecule has 0 spiro atoms. The number of amides is 1. The summed E-state index contributed by atoms with van der Waals surface area (Å²) in [5, 5.41) is 9.63. The molecular formula is C19H15Cl2N3OS2. The molecule has 27 heavy (non-hydrogen) atoms. The molecule has 138 valence electrons. The van der Waals surface area contributed by atoms with Gasteiger partial charge in [0.25, 0.3) is 5.91 Å². The standard InChI is InChI=1S/C19H15Cl2N3OS2/c20-13-2-4-15(5-3-13)24-27-16-8-6-14(7-9-16)23-19(25)12-1-10-17(21)18(11-12)26-22/h1-11,24H,22H2,(H,23,25). The van der Waals surface area contributed by atoms with Gasteiger partial charge in [0.1, 0.15) is 0 Å². The summed E-state index contributed by atoms with van der Waals surface area (Å²) in [6, 6.07) is 20.0. The van der Waals surface area contributed by atoms with Crippen molar-refractivity contribution in [2.45, 2.75) is 9.79 Å². The number of carbonyl (C=O) groups excluding carboxylic acids is 1. The van der Waals surface area contributed by atoms with Crippen molar-refractivity contribution < 1.29 is 4.79 Å². The molecule has 0 saturated carbocycles. The molecule has 4 N–H and O–H groups in total. The van der Waals surface area contributed by atoms with E-state index in [0.29, 0.717) is 26.2 Å². The topological polar surface area (TPSA) is 67.2 Å². The molecule has 0 bridgehead atoms. The second-order valence-corrected chi connectivity index (χ2v) is 7.85. The number of nitrogens with one attached hydrogen (secondary N) is 2. The van der Waals surface area contributed by atoms with E-state index in [1.165, 1.54) is 11.9 Å². The number of anilines is 2. The fourth-order valence-electron chi connectivity index (χ4n) is 2.18. The molecule has 0 aliphatic rings. The molecule has 0 aliphatic heterocycles. The Kier molecular flexibility index (Phi) is 6.93. The van der Waals surface area contributed by atoms with E-state index in [0.717, 1.165) is 22.5 Å². The smallest absolute Gasteiger partial charge is 0.255 e. The summed E-state index contributed by atoms with van der Waals surface area (Å²) in [5.74, 6) is -0.221. The van der Waals surface area contributed by atoms with Crippen molar-refractivity contribution in [3.05, 3.63) is 82.3 Å². The van der Waals surface area contributed by atoms with Crippen molar-refractivity contribution >= 4 is 64.4 Å². The average molecular weight is 436 g/mol. The van der Waals surface area contributed by atoms with E-state index in [1.54, 1.807) is 18.2 Å². The predicted octanol–water partition coefficient (Wildman–Crippen LogP) is 6.33. The molecule has 4 nitrogen and oxygen atoms in total. The van der Waals surface area contributed by atoms with Crippen molar-refractivity contribution in [1.29, 1.82) is 0 Å². The zero-order valence-electron chi connectivity index (χ0n) is 13.9. The SMILES string of the molecule is NSc1cc(C(=O)Nc2ccc(SNc3ccc(Cl)cc3)cc2)ccc1Cl. The van der Waals surface area contributed by atoms with Crippen LogP contribution in [0.3, 0.4) is 0 Å². The Labute approximate surface area is 176 Å². The van der Waals surface area contributed by atoms with Gasteiger partial charge in [0.15, 0.2) is 0 Å². The second kappa shape index (κ2) is 9.39. The Bertz CT molecular complexity index is 935. The third kappa shape index (κ3) is 5.57. The lowest BCUT2D eigenvalue weighted by atomic mass is 10.2. The average Bonchev–Trinajstić information content (AvgIpc) is 2.69. The second-order valence-electron chi connectivity index (χ2n) is 5.45. The zero-order valence-corrected chi connectivity index (χ0v) is 17.1. The third-order valence-electron chi connectivity index (χ3n) is 3.56.